The van der Waals surface area contributed by atoms with Gasteiger partial charge in [0.15, 0.2) is 6.10 Å². The molecule has 1 aromatic rings. The van der Waals surface area contributed by atoms with Crippen LogP contribution in [0.25, 0.3) is 6.08 Å². The topological polar surface area (TPSA) is 84.5 Å². The SMILES string of the molecule is C[C@@H](OC(=O)/C=C/c1ccsc1)C(=O)NC(=O)NC(C)(C)C. The largest absolute Gasteiger partial charge is 0.449 e. The van der Waals surface area contributed by atoms with Crippen molar-refractivity contribution in [1.29, 1.82) is 0 Å². The van der Waals surface area contributed by atoms with Crippen LogP contribution in [-0.2, 0) is 14.3 Å². The number of rotatable bonds is 4. The molecule has 2 N–H and O–H groups in total. The Morgan fingerprint density at radius 2 is 2.00 bits per heavy atom. The van der Waals surface area contributed by atoms with E-state index in [1.54, 1.807) is 26.8 Å². The Kier molecular flexibility index (Phi) is 6.30. The number of hydrogen-bond acceptors (Lipinski definition) is 5. The number of esters is 1. The van der Waals surface area contributed by atoms with E-state index in [2.05, 4.69) is 10.6 Å². The molecule has 3 amide bonds. The maximum absolute atomic E-state index is 11.7. The van der Waals surface area contributed by atoms with Gasteiger partial charge in [-0.15, -0.1) is 0 Å². The molecule has 0 aliphatic carbocycles. The molecule has 0 saturated heterocycles. The predicted molar refractivity (Wildman–Crippen MR) is 85.3 cm³/mol. The van der Waals surface area contributed by atoms with E-state index in [0.717, 1.165) is 5.56 Å². The summed E-state index contributed by atoms with van der Waals surface area (Å²) in [6.45, 7) is 6.76. The van der Waals surface area contributed by atoms with Crippen molar-refractivity contribution in [2.24, 2.45) is 0 Å². The van der Waals surface area contributed by atoms with Gasteiger partial charge in [0.2, 0.25) is 0 Å². The number of amides is 3. The van der Waals surface area contributed by atoms with Crippen LogP contribution in [0.5, 0.6) is 0 Å². The third kappa shape index (κ3) is 7.03. The Balaban J connectivity index is 2.43. The Bertz CT molecular complexity index is 559. The zero-order valence-electron chi connectivity index (χ0n) is 13.0. The first kappa shape index (κ1) is 17.9. The molecule has 1 aromatic heterocycles. The van der Waals surface area contributed by atoms with Crippen molar-refractivity contribution in [3.63, 3.8) is 0 Å². The van der Waals surface area contributed by atoms with Gasteiger partial charge in [0.1, 0.15) is 0 Å². The summed E-state index contributed by atoms with van der Waals surface area (Å²) in [4.78, 5) is 34.9. The summed E-state index contributed by atoms with van der Waals surface area (Å²) < 4.78 is 4.93. The fourth-order valence-electron chi connectivity index (χ4n) is 1.39. The van der Waals surface area contributed by atoms with Crippen molar-refractivity contribution in [1.82, 2.24) is 10.6 Å². The summed E-state index contributed by atoms with van der Waals surface area (Å²) in [5, 5.41) is 8.46. The van der Waals surface area contributed by atoms with Crippen LogP contribution >= 0.6 is 11.3 Å². The summed E-state index contributed by atoms with van der Waals surface area (Å²) in [5.41, 5.74) is 0.414. The molecule has 0 aliphatic heterocycles. The Morgan fingerprint density at radius 3 is 2.55 bits per heavy atom. The highest BCUT2D eigenvalue weighted by Crippen LogP contribution is 2.08. The van der Waals surface area contributed by atoms with Crippen LogP contribution < -0.4 is 10.6 Å². The third-order valence-corrected chi connectivity index (χ3v) is 3.04. The second kappa shape index (κ2) is 7.74. The molecule has 0 bridgehead atoms. The lowest BCUT2D eigenvalue weighted by Gasteiger charge is -2.21. The van der Waals surface area contributed by atoms with Crippen molar-refractivity contribution in [3.8, 4) is 0 Å². The molecule has 0 fully saturated rings. The summed E-state index contributed by atoms with van der Waals surface area (Å²) in [6.07, 6.45) is 1.77. The molecule has 6 nitrogen and oxygen atoms in total. The number of ether oxygens (including phenoxy) is 1. The van der Waals surface area contributed by atoms with Gasteiger partial charge in [0.25, 0.3) is 5.91 Å². The Hall–Kier alpha value is -2.15. The average molecular weight is 324 g/mol. The highest BCUT2D eigenvalue weighted by molar-refractivity contribution is 7.08. The zero-order chi connectivity index (χ0) is 16.8. The van der Waals surface area contributed by atoms with Gasteiger partial charge in [0.05, 0.1) is 0 Å². The summed E-state index contributed by atoms with van der Waals surface area (Å²) in [6, 6.07) is 1.22. The number of thiophene rings is 1. The van der Waals surface area contributed by atoms with Gasteiger partial charge in [-0.1, -0.05) is 0 Å². The van der Waals surface area contributed by atoms with Crippen molar-refractivity contribution in [3.05, 3.63) is 28.5 Å². The minimum Gasteiger partial charge on any atom is -0.449 e. The van der Waals surface area contributed by atoms with Crippen LogP contribution in [0.1, 0.15) is 33.3 Å². The van der Waals surface area contributed by atoms with Gasteiger partial charge in [-0.25, -0.2) is 9.59 Å². The quantitative estimate of drug-likeness (QED) is 0.657. The van der Waals surface area contributed by atoms with E-state index in [4.69, 9.17) is 4.74 Å². The van der Waals surface area contributed by atoms with E-state index in [-0.39, 0.29) is 0 Å². The number of nitrogens with one attached hydrogen (secondary N) is 2. The number of carbonyl (C=O) groups excluding carboxylic acids is 3. The number of carbonyl (C=O) groups is 3. The van der Waals surface area contributed by atoms with Gasteiger partial charge in [-0.05, 0) is 56.2 Å². The van der Waals surface area contributed by atoms with E-state index in [1.165, 1.54) is 24.3 Å². The Labute approximate surface area is 133 Å². The molecule has 0 unspecified atom stereocenters. The van der Waals surface area contributed by atoms with Crippen molar-refractivity contribution < 1.29 is 19.1 Å². The van der Waals surface area contributed by atoms with Crippen LogP contribution in [0.4, 0.5) is 4.79 Å². The normalized spacial score (nSPS) is 12.7. The number of hydrogen-bond donors (Lipinski definition) is 2. The van der Waals surface area contributed by atoms with Crippen molar-refractivity contribution in [2.75, 3.05) is 0 Å². The second-order valence-corrected chi connectivity index (χ2v) is 6.44. The third-order valence-electron chi connectivity index (χ3n) is 2.34. The van der Waals surface area contributed by atoms with Crippen molar-refractivity contribution >= 4 is 35.3 Å². The van der Waals surface area contributed by atoms with Gasteiger partial charge in [-0.2, -0.15) is 11.3 Å². The van der Waals surface area contributed by atoms with Crippen LogP contribution in [-0.4, -0.2) is 29.6 Å². The maximum atomic E-state index is 11.7. The van der Waals surface area contributed by atoms with Gasteiger partial charge < -0.3 is 10.1 Å². The fraction of sp³-hybridized carbons (Fsp3) is 0.400. The van der Waals surface area contributed by atoms with Gasteiger partial charge in [-0.3, -0.25) is 10.1 Å². The molecule has 0 aromatic carbocycles. The first-order valence-corrected chi connectivity index (χ1v) is 7.65. The molecule has 22 heavy (non-hydrogen) atoms. The molecule has 0 aliphatic rings. The van der Waals surface area contributed by atoms with E-state index in [9.17, 15) is 14.4 Å². The van der Waals surface area contributed by atoms with Crippen LogP contribution in [0.2, 0.25) is 0 Å². The molecule has 0 spiro atoms. The molecule has 120 valence electrons. The highest BCUT2D eigenvalue weighted by Gasteiger charge is 2.21. The maximum Gasteiger partial charge on any atom is 0.331 e. The second-order valence-electron chi connectivity index (χ2n) is 5.66. The first-order valence-electron chi connectivity index (χ1n) is 6.71. The lowest BCUT2D eigenvalue weighted by atomic mass is 10.1. The molecule has 1 atom stereocenters. The Morgan fingerprint density at radius 1 is 1.32 bits per heavy atom. The molecule has 1 rings (SSSR count). The predicted octanol–water partition coefficient (Wildman–Crippen LogP) is 2.32. The molecular formula is C15H20N2O4S. The number of imide groups is 1. The van der Waals surface area contributed by atoms with Crippen LogP contribution in [0.3, 0.4) is 0 Å². The zero-order valence-corrected chi connectivity index (χ0v) is 13.8. The smallest absolute Gasteiger partial charge is 0.331 e. The van der Waals surface area contributed by atoms with Crippen molar-refractivity contribution in [2.45, 2.75) is 39.3 Å². The van der Waals surface area contributed by atoms with E-state index >= 15 is 0 Å². The molecule has 0 radical (unpaired) electrons. The standard InChI is InChI=1S/C15H20N2O4S/c1-10(13(19)16-14(20)17-15(2,3)4)21-12(18)6-5-11-7-8-22-9-11/h5-10H,1-4H3,(H2,16,17,19,20)/b6-5+/t10-/m1/s1. The fourth-order valence-corrected chi connectivity index (χ4v) is 2.02. The molecular weight excluding hydrogens is 304 g/mol. The van der Waals surface area contributed by atoms with E-state index < -0.39 is 29.6 Å². The lowest BCUT2D eigenvalue weighted by Crippen LogP contribution is -2.50. The monoisotopic (exact) mass is 324 g/mol. The van der Waals surface area contributed by atoms with Crippen LogP contribution in [0.15, 0.2) is 22.9 Å². The minimum atomic E-state index is -1.06. The number of urea groups is 1. The summed E-state index contributed by atoms with van der Waals surface area (Å²) in [5.74, 6) is -1.33. The molecule has 0 saturated carbocycles. The summed E-state index contributed by atoms with van der Waals surface area (Å²) >= 11 is 1.51. The van der Waals surface area contributed by atoms with E-state index in [1.807, 2.05) is 16.8 Å². The van der Waals surface area contributed by atoms with E-state index in [0.29, 0.717) is 0 Å². The first-order chi connectivity index (χ1) is 10.2. The average Bonchev–Trinajstić information content (AvgIpc) is 2.86. The molecule has 1 heterocycles. The minimum absolute atomic E-state index is 0.465. The van der Waals surface area contributed by atoms with Crippen LogP contribution in [0, 0.1) is 0 Å². The highest BCUT2D eigenvalue weighted by atomic mass is 32.1. The summed E-state index contributed by atoms with van der Waals surface area (Å²) in [7, 11) is 0. The van der Waals surface area contributed by atoms with Gasteiger partial charge in [0, 0.05) is 11.6 Å². The van der Waals surface area contributed by atoms with Gasteiger partial charge >= 0.3 is 12.0 Å². The lowest BCUT2D eigenvalue weighted by molar-refractivity contribution is -0.149. The molecule has 7 heteroatoms.